The first-order valence-electron chi connectivity index (χ1n) is 9.87. The molecular formula is C20H26N4O4. The van der Waals surface area contributed by atoms with E-state index in [1.54, 1.807) is 4.90 Å². The average Bonchev–Trinajstić information content (AvgIpc) is 2.85. The molecule has 2 unspecified atom stereocenters. The monoisotopic (exact) mass is 386 g/mol. The molecular weight excluding hydrogens is 360 g/mol. The molecule has 0 aromatic heterocycles. The number of carbonyl (C=O) groups excluding carboxylic acids is 3. The highest BCUT2D eigenvalue weighted by atomic mass is 16.5. The molecule has 4 rings (SSSR count). The summed E-state index contributed by atoms with van der Waals surface area (Å²) in [6.45, 7) is 5.29. The number of imide groups is 1. The van der Waals surface area contributed by atoms with Crippen LogP contribution in [0.2, 0.25) is 0 Å². The maximum absolute atomic E-state index is 12.9. The zero-order chi connectivity index (χ0) is 19.5. The van der Waals surface area contributed by atoms with Crippen LogP contribution in [-0.2, 0) is 27.4 Å². The van der Waals surface area contributed by atoms with Gasteiger partial charge in [0.2, 0.25) is 11.8 Å². The van der Waals surface area contributed by atoms with Gasteiger partial charge in [0.15, 0.2) is 0 Å². The minimum Gasteiger partial charge on any atom is -0.380 e. The fraction of sp³-hybridized carbons (Fsp3) is 0.550. The first-order valence-corrected chi connectivity index (χ1v) is 9.87. The second-order valence-electron chi connectivity index (χ2n) is 7.67. The molecule has 2 fully saturated rings. The summed E-state index contributed by atoms with van der Waals surface area (Å²) in [6.07, 6.45) is 0.655. The van der Waals surface area contributed by atoms with Gasteiger partial charge in [0.1, 0.15) is 6.04 Å². The molecule has 1 aromatic rings. The van der Waals surface area contributed by atoms with Crippen molar-refractivity contribution >= 4 is 17.7 Å². The van der Waals surface area contributed by atoms with Crippen LogP contribution < -0.4 is 16.0 Å². The normalized spacial score (nSPS) is 25.4. The summed E-state index contributed by atoms with van der Waals surface area (Å²) in [5, 5.41) is 9.14. The van der Waals surface area contributed by atoms with Crippen molar-refractivity contribution < 1.29 is 19.1 Å². The maximum Gasteiger partial charge on any atom is 0.255 e. The van der Waals surface area contributed by atoms with Crippen molar-refractivity contribution in [3.8, 4) is 0 Å². The Morgan fingerprint density at radius 2 is 2.14 bits per heavy atom. The average molecular weight is 386 g/mol. The van der Waals surface area contributed by atoms with Crippen molar-refractivity contribution in [2.45, 2.75) is 32.0 Å². The summed E-state index contributed by atoms with van der Waals surface area (Å²) < 4.78 is 5.56. The summed E-state index contributed by atoms with van der Waals surface area (Å²) in [5.41, 5.74) is 2.63. The Morgan fingerprint density at radius 3 is 3.00 bits per heavy atom. The molecule has 3 aliphatic rings. The third-order valence-corrected chi connectivity index (χ3v) is 5.56. The molecule has 2 saturated heterocycles. The van der Waals surface area contributed by atoms with Gasteiger partial charge in [-0.15, -0.1) is 0 Å². The van der Waals surface area contributed by atoms with Gasteiger partial charge in [-0.3, -0.25) is 19.7 Å². The van der Waals surface area contributed by atoms with Crippen molar-refractivity contribution in [2.24, 2.45) is 5.92 Å². The number of hydrogen-bond donors (Lipinski definition) is 3. The predicted octanol–water partition coefficient (Wildman–Crippen LogP) is -0.227. The Balaban J connectivity index is 1.36. The number of piperidine rings is 1. The van der Waals surface area contributed by atoms with Crippen molar-refractivity contribution in [3.05, 3.63) is 34.9 Å². The maximum atomic E-state index is 12.9. The smallest absolute Gasteiger partial charge is 0.255 e. The van der Waals surface area contributed by atoms with Crippen LogP contribution in [0, 0.1) is 5.92 Å². The minimum atomic E-state index is -0.568. The number of ether oxygens (including phenoxy) is 1. The lowest BCUT2D eigenvalue weighted by atomic mass is 10.0. The van der Waals surface area contributed by atoms with Crippen LogP contribution in [0.1, 0.15) is 34.3 Å². The SMILES string of the molecule is O=C1CCC(N2Cc3ccc(CNCC4CNCCOC4)cc3C2=O)C(=O)N1. The number of nitrogens with zero attached hydrogens (tertiary/aromatic N) is 1. The van der Waals surface area contributed by atoms with E-state index in [0.29, 0.717) is 31.0 Å². The third-order valence-electron chi connectivity index (χ3n) is 5.56. The van der Waals surface area contributed by atoms with Crippen molar-refractivity contribution in [3.63, 3.8) is 0 Å². The van der Waals surface area contributed by atoms with E-state index in [4.69, 9.17) is 4.74 Å². The van der Waals surface area contributed by atoms with Crippen LogP contribution in [0.25, 0.3) is 0 Å². The zero-order valence-corrected chi connectivity index (χ0v) is 15.8. The van der Waals surface area contributed by atoms with Crippen LogP contribution in [-0.4, -0.2) is 61.5 Å². The van der Waals surface area contributed by atoms with Gasteiger partial charge in [0.25, 0.3) is 5.91 Å². The number of carbonyl (C=O) groups is 3. The van der Waals surface area contributed by atoms with Gasteiger partial charge in [-0.25, -0.2) is 0 Å². The summed E-state index contributed by atoms with van der Waals surface area (Å²) in [6, 6.07) is 5.33. The van der Waals surface area contributed by atoms with Gasteiger partial charge in [0, 0.05) is 50.6 Å². The molecule has 3 heterocycles. The lowest BCUT2D eigenvalue weighted by Gasteiger charge is -2.29. The third kappa shape index (κ3) is 4.09. The quantitative estimate of drug-likeness (QED) is 0.605. The Hall–Kier alpha value is -2.29. The molecule has 1 aromatic carbocycles. The van der Waals surface area contributed by atoms with E-state index in [9.17, 15) is 14.4 Å². The molecule has 3 aliphatic heterocycles. The highest BCUT2D eigenvalue weighted by molar-refractivity contribution is 6.05. The molecule has 0 saturated carbocycles. The number of rotatable bonds is 5. The van der Waals surface area contributed by atoms with Crippen molar-refractivity contribution in [1.29, 1.82) is 0 Å². The minimum absolute atomic E-state index is 0.132. The fourth-order valence-electron chi connectivity index (χ4n) is 4.02. The first-order chi connectivity index (χ1) is 13.6. The van der Waals surface area contributed by atoms with Gasteiger partial charge in [-0.1, -0.05) is 12.1 Å². The number of benzene rings is 1. The standard InChI is InChI=1S/C20H26N4O4/c25-18-4-3-17(19(26)23-18)24-11-15-2-1-13(7-16(15)20(24)27)8-22-10-14-9-21-5-6-28-12-14/h1-2,7,14,17,21-22H,3-6,8-12H2,(H,23,25,26). The molecule has 0 aliphatic carbocycles. The van der Waals surface area contributed by atoms with E-state index < -0.39 is 6.04 Å². The molecule has 3 N–H and O–H groups in total. The van der Waals surface area contributed by atoms with Crippen LogP contribution in [0.5, 0.6) is 0 Å². The van der Waals surface area contributed by atoms with E-state index in [0.717, 1.165) is 44.0 Å². The van der Waals surface area contributed by atoms with Gasteiger partial charge in [-0.05, 0) is 23.6 Å². The number of fused-ring (bicyclic) bond motifs is 1. The van der Waals surface area contributed by atoms with E-state index >= 15 is 0 Å². The number of amides is 3. The van der Waals surface area contributed by atoms with Crippen LogP contribution in [0.4, 0.5) is 0 Å². The first kappa shape index (κ1) is 19.0. The summed E-state index contributed by atoms with van der Waals surface area (Å²) in [4.78, 5) is 37.9. The largest absolute Gasteiger partial charge is 0.380 e. The van der Waals surface area contributed by atoms with Crippen molar-refractivity contribution in [2.75, 3.05) is 32.8 Å². The lowest BCUT2D eigenvalue weighted by Crippen LogP contribution is -2.52. The van der Waals surface area contributed by atoms with E-state index in [2.05, 4.69) is 16.0 Å². The van der Waals surface area contributed by atoms with Crippen molar-refractivity contribution in [1.82, 2.24) is 20.9 Å². The molecule has 3 amide bonds. The van der Waals surface area contributed by atoms with Crippen LogP contribution >= 0.6 is 0 Å². The molecule has 0 spiro atoms. The highest BCUT2D eigenvalue weighted by Gasteiger charge is 2.39. The second-order valence-corrected chi connectivity index (χ2v) is 7.67. The fourth-order valence-corrected chi connectivity index (χ4v) is 4.02. The molecule has 2 atom stereocenters. The summed E-state index contributed by atoms with van der Waals surface area (Å²) in [7, 11) is 0. The summed E-state index contributed by atoms with van der Waals surface area (Å²) in [5.74, 6) is -0.346. The Morgan fingerprint density at radius 1 is 1.25 bits per heavy atom. The Kier molecular flexibility index (Phi) is 5.70. The van der Waals surface area contributed by atoms with Gasteiger partial charge >= 0.3 is 0 Å². The zero-order valence-electron chi connectivity index (χ0n) is 15.8. The van der Waals surface area contributed by atoms with Crippen LogP contribution in [0.15, 0.2) is 18.2 Å². The summed E-state index contributed by atoms with van der Waals surface area (Å²) >= 11 is 0. The molecule has 28 heavy (non-hydrogen) atoms. The topological polar surface area (TPSA) is 99.8 Å². The predicted molar refractivity (Wildman–Crippen MR) is 101 cm³/mol. The van der Waals surface area contributed by atoms with E-state index in [-0.39, 0.29) is 24.1 Å². The van der Waals surface area contributed by atoms with E-state index in [1.807, 2.05) is 18.2 Å². The molecule has 0 bridgehead atoms. The molecule has 150 valence electrons. The van der Waals surface area contributed by atoms with Gasteiger partial charge < -0.3 is 20.3 Å². The second kappa shape index (κ2) is 8.38. The lowest BCUT2D eigenvalue weighted by molar-refractivity contribution is -0.136. The van der Waals surface area contributed by atoms with Gasteiger partial charge in [-0.2, -0.15) is 0 Å². The van der Waals surface area contributed by atoms with Crippen LogP contribution in [0.3, 0.4) is 0 Å². The highest BCUT2D eigenvalue weighted by Crippen LogP contribution is 2.28. The molecule has 8 heteroatoms. The number of hydrogen-bond acceptors (Lipinski definition) is 6. The molecule has 8 nitrogen and oxygen atoms in total. The Labute approximate surface area is 164 Å². The molecule has 0 radical (unpaired) electrons. The number of nitrogens with one attached hydrogen (secondary N) is 3. The Bertz CT molecular complexity index is 773. The van der Waals surface area contributed by atoms with Gasteiger partial charge in [0.05, 0.1) is 13.2 Å². The van der Waals surface area contributed by atoms with E-state index in [1.165, 1.54) is 0 Å².